The van der Waals surface area contributed by atoms with E-state index in [2.05, 4.69) is 52.6 Å². The number of anilines is 5. The van der Waals surface area contributed by atoms with E-state index < -0.39 is 12.8 Å². The Hall–Kier alpha value is -5.07. The van der Waals surface area contributed by atoms with Gasteiger partial charge in [-0.1, -0.05) is 0 Å². The molecule has 55 heavy (non-hydrogen) atoms. The van der Waals surface area contributed by atoms with Gasteiger partial charge >= 0.3 is 0 Å². The first kappa shape index (κ1) is 35.6. The van der Waals surface area contributed by atoms with Crippen LogP contribution in [-0.4, -0.2) is 98.4 Å². The summed E-state index contributed by atoms with van der Waals surface area (Å²) in [5, 5.41) is 12.8. The molecule has 2 aliphatic heterocycles. The minimum absolute atomic E-state index is 0.311. The van der Waals surface area contributed by atoms with Crippen LogP contribution in [0.1, 0.15) is 38.5 Å². The van der Waals surface area contributed by atoms with E-state index in [0.29, 0.717) is 62.8 Å². The average Bonchev–Trinajstić information content (AvgIpc) is 3.48. The van der Waals surface area contributed by atoms with E-state index in [1.54, 1.807) is 32.8 Å². The normalized spacial score (nSPS) is 18.2. The molecule has 6 aromatic rings. The summed E-state index contributed by atoms with van der Waals surface area (Å²) < 4.78 is 36.0. The number of hydrogen-bond acceptors (Lipinski definition) is 11. The van der Waals surface area contributed by atoms with Gasteiger partial charge in [0.15, 0.2) is 0 Å². The zero-order chi connectivity index (χ0) is 38.0. The van der Waals surface area contributed by atoms with Crippen LogP contribution in [0.15, 0.2) is 61.3 Å². The molecule has 4 aromatic heterocycles. The molecule has 13 nitrogen and oxygen atoms in total. The number of rotatable bonds is 10. The highest BCUT2D eigenvalue weighted by atomic mass is 31.2. The molecule has 6 heterocycles. The topological polar surface area (TPSA) is 142 Å². The van der Waals surface area contributed by atoms with E-state index in [1.807, 2.05) is 48.5 Å². The van der Waals surface area contributed by atoms with Gasteiger partial charge in [-0.2, -0.15) is 15.1 Å². The molecule has 0 amide bonds. The van der Waals surface area contributed by atoms with E-state index in [-0.39, 0.29) is 0 Å². The number of hydrogen-bond donors (Lipinski definition) is 3. The predicted octanol–water partition coefficient (Wildman–Crippen LogP) is 7.23. The summed E-state index contributed by atoms with van der Waals surface area (Å²) >= 11 is 0. The lowest BCUT2D eigenvalue weighted by molar-refractivity contribution is 0.0607. The van der Waals surface area contributed by atoms with E-state index in [1.165, 1.54) is 0 Å². The zero-order valence-corrected chi connectivity index (χ0v) is 32.7. The molecule has 3 N–H and O–H groups in total. The van der Waals surface area contributed by atoms with Crippen LogP contribution >= 0.6 is 7.14 Å². The van der Waals surface area contributed by atoms with Crippen LogP contribution in [0.3, 0.4) is 0 Å². The number of aromatic amines is 1. The van der Waals surface area contributed by atoms with Gasteiger partial charge in [0.25, 0.3) is 0 Å². The highest BCUT2D eigenvalue weighted by Crippen LogP contribution is 2.48. The number of halogens is 1. The maximum Gasteiger partial charge on any atom is 0.231 e. The fourth-order valence-corrected chi connectivity index (χ4v) is 9.89. The monoisotopic (exact) mass is 763 g/mol. The number of aromatic nitrogens is 7. The molecule has 0 bridgehead atoms. The first-order chi connectivity index (χ1) is 26.5. The van der Waals surface area contributed by atoms with Gasteiger partial charge < -0.3 is 34.7 Å². The Morgan fingerprint density at radius 2 is 1.71 bits per heavy atom. The Kier molecular flexibility index (Phi) is 8.80. The lowest BCUT2D eigenvalue weighted by atomic mass is 9.71. The van der Waals surface area contributed by atoms with Gasteiger partial charge in [0.05, 0.1) is 40.9 Å². The van der Waals surface area contributed by atoms with Gasteiger partial charge in [0, 0.05) is 74.3 Å². The molecule has 9 rings (SSSR count). The second-order valence-electron chi connectivity index (χ2n) is 16.0. The Morgan fingerprint density at radius 1 is 0.945 bits per heavy atom. The number of fused-ring (bicyclic) bond motifs is 2. The highest BCUT2D eigenvalue weighted by molar-refractivity contribution is 7.71. The summed E-state index contributed by atoms with van der Waals surface area (Å²) in [6.45, 7) is 7.92. The highest BCUT2D eigenvalue weighted by Gasteiger charge is 2.46. The molecule has 15 heteroatoms. The summed E-state index contributed by atoms with van der Waals surface area (Å²) in [7, 11) is 0.800. The van der Waals surface area contributed by atoms with Crippen LogP contribution in [0, 0.1) is 5.41 Å². The van der Waals surface area contributed by atoms with Crippen LogP contribution in [-0.2, 0) is 11.6 Å². The minimum Gasteiger partial charge on any atom is -0.494 e. The molecule has 1 aliphatic carbocycles. The van der Waals surface area contributed by atoms with Gasteiger partial charge in [-0.3, -0.25) is 14.6 Å². The number of H-pyrrole nitrogens is 1. The van der Waals surface area contributed by atoms with Crippen molar-refractivity contribution in [1.29, 1.82) is 0 Å². The Balaban J connectivity index is 1.02. The minimum atomic E-state index is -2.80. The summed E-state index contributed by atoms with van der Waals surface area (Å²) in [4.78, 5) is 26.8. The van der Waals surface area contributed by atoms with Gasteiger partial charge in [-0.15, -0.1) is 0 Å². The molecule has 1 saturated carbocycles. The van der Waals surface area contributed by atoms with Crippen molar-refractivity contribution in [2.24, 2.45) is 12.5 Å². The lowest BCUT2D eigenvalue weighted by Gasteiger charge is -2.48. The largest absolute Gasteiger partial charge is 0.494 e. The molecule has 3 aliphatic rings. The third-order valence-corrected chi connectivity index (χ3v) is 13.3. The number of methoxy groups -OCH3 is 1. The van der Waals surface area contributed by atoms with Crippen molar-refractivity contribution < 1.29 is 13.7 Å². The smallest absolute Gasteiger partial charge is 0.231 e. The molecule has 3 fully saturated rings. The van der Waals surface area contributed by atoms with Crippen LogP contribution < -0.4 is 25.6 Å². The number of likely N-dealkylation sites (tertiary alicyclic amines) is 1. The number of aryl methyl sites for hydroxylation is 1. The van der Waals surface area contributed by atoms with Gasteiger partial charge in [-0.25, -0.2) is 4.39 Å². The number of nitrogens with one attached hydrogen (secondary N) is 3. The van der Waals surface area contributed by atoms with Crippen molar-refractivity contribution >= 4 is 63.3 Å². The third-order valence-electron chi connectivity index (χ3n) is 11.8. The van der Waals surface area contributed by atoms with Crippen molar-refractivity contribution in [2.75, 3.05) is 68.7 Å². The maximum atomic E-state index is 14.5. The van der Waals surface area contributed by atoms with Crippen molar-refractivity contribution in [3.8, 4) is 16.9 Å². The quantitative estimate of drug-likeness (QED) is 0.122. The van der Waals surface area contributed by atoms with Crippen LogP contribution in [0.5, 0.6) is 5.75 Å². The van der Waals surface area contributed by atoms with Gasteiger partial charge in [-0.05, 0) is 94.6 Å². The molecule has 2 saturated heterocycles. The fraction of sp³-hybridized carbons (Fsp3) is 0.425. The predicted molar refractivity (Wildman–Crippen MR) is 217 cm³/mol. The number of alkyl halides is 1. The summed E-state index contributed by atoms with van der Waals surface area (Å²) in [5.41, 5.74) is 5.76. The number of piperidine rings is 2. The number of ether oxygens (including phenoxy) is 1. The molecule has 2 aromatic carbocycles. The number of benzene rings is 2. The SMILES string of the molecule is COc1cc(N2CCC3(CCN(CC4(F)CC4)CC3)CC2)c(-c2cnn(C)c2)cc1Nc1nc(Nc2ccc3nccnc3c2P(C)(C)=O)c2cc[nH]c2n1. The standard InChI is InChI=1S/C40H47FN11O2P/c1-50-24-26(23-45-50)28-21-31(33(54-2)22-32(28)52-19-12-39(13-20-52)10-17-51(18-11-39)25-40(41)8-9-40)47-38-48-36-27(7-14-44-36)37(49-38)46-30-6-5-29-34(43-16-15-42-29)35(30)55(3,4)53/h5-7,14-16,21-24H,8-13,17-20,25H2,1-4H3,(H3,44,46,47,48,49). The molecule has 1 spiro atoms. The second kappa shape index (κ2) is 13.6. The van der Waals surface area contributed by atoms with E-state index >= 15 is 0 Å². The molecular formula is C40H47FN11O2P. The Bertz CT molecular complexity index is 2440. The summed E-state index contributed by atoms with van der Waals surface area (Å²) in [6, 6.07) is 9.86. The second-order valence-corrected chi connectivity index (χ2v) is 19.2. The van der Waals surface area contributed by atoms with Crippen LogP contribution in [0.4, 0.5) is 33.2 Å². The van der Waals surface area contributed by atoms with E-state index in [9.17, 15) is 8.96 Å². The average molecular weight is 764 g/mol. The van der Waals surface area contributed by atoms with Crippen molar-refractivity contribution in [3.05, 3.63) is 61.3 Å². The molecule has 0 atom stereocenters. The first-order valence-electron chi connectivity index (χ1n) is 19.0. The van der Waals surface area contributed by atoms with Crippen LogP contribution in [0.25, 0.3) is 33.2 Å². The molecule has 0 unspecified atom stereocenters. The third kappa shape index (κ3) is 7.02. The molecule has 286 valence electrons. The summed E-state index contributed by atoms with van der Waals surface area (Å²) in [5.74, 6) is 1.56. The van der Waals surface area contributed by atoms with Gasteiger partial charge in [0.1, 0.15) is 35.5 Å². The zero-order valence-electron chi connectivity index (χ0n) is 31.8. The van der Waals surface area contributed by atoms with E-state index in [4.69, 9.17) is 14.7 Å². The molecule has 0 radical (unpaired) electrons. The number of nitrogens with zero attached hydrogens (tertiary/aromatic N) is 8. The van der Waals surface area contributed by atoms with Gasteiger partial charge in [0.2, 0.25) is 5.95 Å². The first-order valence-corrected chi connectivity index (χ1v) is 21.6. The maximum absolute atomic E-state index is 14.5. The van der Waals surface area contributed by atoms with Crippen LogP contribution in [0.2, 0.25) is 0 Å². The van der Waals surface area contributed by atoms with Crippen molar-refractivity contribution in [2.45, 2.75) is 44.2 Å². The fourth-order valence-electron chi connectivity index (χ4n) is 8.50. The Morgan fingerprint density at radius 3 is 2.42 bits per heavy atom. The lowest BCUT2D eigenvalue weighted by Crippen LogP contribution is -2.48. The molecular weight excluding hydrogens is 716 g/mol. The van der Waals surface area contributed by atoms with E-state index in [0.717, 1.165) is 86.9 Å². The Labute approximate surface area is 319 Å². The summed E-state index contributed by atoms with van der Waals surface area (Å²) in [6.07, 6.45) is 14.9. The van der Waals surface area contributed by atoms with Crippen molar-refractivity contribution in [1.82, 2.24) is 39.6 Å². The van der Waals surface area contributed by atoms with Crippen molar-refractivity contribution in [3.63, 3.8) is 0 Å².